The zero-order valence-corrected chi connectivity index (χ0v) is 13.1. The summed E-state index contributed by atoms with van der Waals surface area (Å²) in [5.74, 6) is -1.74. The number of rotatable bonds is 6. The molecule has 0 aromatic heterocycles. The van der Waals surface area contributed by atoms with Crippen LogP contribution in [0.25, 0.3) is 0 Å². The molecule has 0 heterocycles. The first-order valence-electron chi connectivity index (χ1n) is 7.57. The molecule has 1 amide bonds. The van der Waals surface area contributed by atoms with E-state index in [1.54, 1.807) is 0 Å². The normalized spacial score (nSPS) is 20.5. The van der Waals surface area contributed by atoms with E-state index in [1.807, 2.05) is 0 Å². The number of hydrogen-bond acceptors (Lipinski definition) is 4. The van der Waals surface area contributed by atoms with Crippen LogP contribution in [0.3, 0.4) is 0 Å². The Morgan fingerprint density at radius 3 is 2.38 bits per heavy atom. The van der Waals surface area contributed by atoms with Crippen LogP contribution in [0.5, 0.6) is 11.5 Å². The number of carboxylic acids is 1. The lowest BCUT2D eigenvalue weighted by atomic mass is 9.81. The van der Waals surface area contributed by atoms with Gasteiger partial charge in [-0.25, -0.2) is 0 Å². The van der Waals surface area contributed by atoms with Crippen LogP contribution in [0.4, 0.5) is 14.5 Å². The van der Waals surface area contributed by atoms with E-state index >= 15 is 0 Å². The summed E-state index contributed by atoms with van der Waals surface area (Å²) in [6.07, 6.45) is 1.73. The summed E-state index contributed by atoms with van der Waals surface area (Å²) in [7, 11) is 1.42. The van der Waals surface area contributed by atoms with Crippen LogP contribution in [0, 0.1) is 11.8 Å². The second-order valence-electron chi connectivity index (χ2n) is 5.62. The average molecular weight is 343 g/mol. The molecule has 2 rings (SSSR count). The van der Waals surface area contributed by atoms with Gasteiger partial charge in [0.25, 0.3) is 0 Å². The zero-order valence-electron chi connectivity index (χ0n) is 13.1. The molecule has 6 nitrogen and oxygen atoms in total. The molecule has 0 atom stereocenters. The molecule has 2 N–H and O–H groups in total. The third-order valence-corrected chi connectivity index (χ3v) is 4.11. The summed E-state index contributed by atoms with van der Waals surface area (Å²) >= 11 is 0. The maximum Gasteiger partial charge on any atom is 0.387 e. The molecule has 1 saturated carbocycles. The highest BCUT2D eigenvalue weighted by Crippen LogP contribution is 2.33. The molecule has 0 saturated heterocycles. The number of methoxy groups -OCH3 is 1. The van der Waals surface area contributed by atoms with Crippen LogP contribution in [-0.2, 0) is 9.59 Å². The number of halogens is 2. The van der Waals surface area contributed by atoms with Gasteiger partial charge in [-0.05, 0) is 37.8 Å². The summed E-state index contributed by atoms with van der Waals surface area (Å²) in [4.78, 5) is 23.3. The molecular formula is C16H19F2NO5. The molecule has 0 unspecified atom stereocenters. The smallest absolute Gasteiger partial charge is 0.387 e. The van der Waals surface area contributed by atoms with Gasteiger partial charge in [0.05, 0.1) is 18.7 Å². The van der Waals surface area contributed by atoms with Crippen LogP contribution in [0.15, 0.2) is 18.2 Å². The van der Waals surface area contributed by atoms with Gasteiger partial charge in [-0.3, -0.25) is 9.59 Å². The Labute approximate surface area is 137 Å². The minimum absolute atomic E-state index is 0.0972. The van der Waals surface area contributed by atoms with Gasteiger partial charge in [-0.1, -0.05) is 0 Å². The van der Waals surface area contributed by atoms with Crippen molar-refractivity contribution in [2.45, 2.75) is 32.3 Å². The summed E-state index contributed by atoms with van der Waals surface area (Å²) in [5, 5.41) is 11.6. The Bertz CT molecular complexity index is 600. The van der Waals surface area contributed by atoms with E-state index in [9.17, 15) is 18.4 Å². The van der Waals surface area contributed by atoms with E-state index in [4.69, 9.17) is 9.84 Å². The van der Waals surface area contributed by atoms with E-state index in [0.29, 0.717) is 31.4 Å². The number of hydrogen-bond donors (Lipinski definition) is 2. The number of amides is 1. The number of nitrogens with one attached hydrogen (secondary N) is 1. The predicted octanol–water partition coefficient (Wildman–Crippen LogP) is 3.13. The van der Waals surface area contributed by atoms with Gasteiger partial charge in [0.1, 0.15) is 11.5 Å². The van der Waals surface area contributed by atoms with Crippen LogP contribution in [-0.4, -0.2) is 30.7 Å². The van der Waals surface area contributed by atoms with Crippen LogP contribution >= 0.6 is 0 Å². The summed E-state index contributed by atoms with van der Waals surface area (Å²) < 4.78 is 34.4. The monoisotopic (exact) mass is 343 g/mol. The third-order valence-electron chi connectivity index (χ3n) is 4.11. The number of alkyl halides is 2. The second kappa shape index (κ2) is 7.94. The number of ether oxygens (including phenoxy) is 2. The minimum Gasteiger partial charge on any atom is -0.497 e. The van der Waals surface area contributed by atoms with Crippen molar-refractivity contribution in [2.75, 3.05) is 12.4 Å². The number of aliphatic carboxylic acids is 1. The van der Waals surface area contributed by atoms with Crippen molar-refractivity contribution in [3.63, 3.8) is 0 Å². The van der Waals surface area contributed by atoms with Crippen molar-refractivity contribution in [3.8, 4) is 11.5 Å². The molecule has 1 aliphatic rings. The highest BCUT2D eigenvalue weighted by molar-refractivity contribution is 5.94. The summed E-state index contributed by atoms with van der Waals surface area (Å²) in [6, 6.07) is 4.14. The fraction of sp³-hybridized carbons (Fsp3) is 0.500. The third kappa shape index (κ3) is 4.56. The SMILES string of the molecule is COc1ccc(OC(F)F)c(NC(=O)C2CCC(C(=O)O)CC2)c1. The maximum atomic E-state index is 12.5. The molecule has 24 heavy (non-hydrogen) atoms. The lowest BCUT2D eigenvalue weighted by molar-refractivity contribution is -0.143. The van der Waals surface area contributed by atoms with Crippen molar-refractivity contribution >= 4 is 17.6 Å². The minimum atomic E-state index is -3.01. The van der Waals surface area contributed by atoms with Gasteiger partial charge < -0.3 is 19.9 Å². The van der Waals surface area contributed by atoms with Gasteiger partial charge >= 0.3 is 12.6 Å². The first-order chi connectivity index (χ1) is 11.4. The topological polar surface area (TPSA) is 84.9 Å². The standard InChI is InChI=1S/C16H19F2NO5/c1-23-11-6-7-13(24-16(17)18)12(8-11)19-14(20)9-2-4-10(5-3-9)15(21)22/h6-10,16H,2-5H2,1H3,(H,19,20)(H,21,22). The molecule has 0 spiro atoms. The Kier molecular flexibility index (Phi) is 5.94. The Morgan fingerprint density at radius 1 is 1.21 bits per heavy atom. The van der Waals surface area contributed by atoms with Crippen LogP contribution in [0.2, 0.25) is 0 Å². The zero-order chi connectivity index (χ0) is 17.7. The van der Waals surface area contributed by atoms with Crippen molar-refractivity contribution in [1.82, 2.24) is 0 Å². The van der Waals surface area contributed by atoms with Crippen LogP contribution in [0.1, 0.15) is 25.7 Å². The van der Waals surface area contributed by atoms with E-state index in [2.05, 4.69) is 10.1 Å². The van der Waals surface area contributed by atoms with Crippen LogP contribution < -0.4 is 14.8 Å². The molecule has 132 valence electrons. The largest absolute Gasteiger partial charge is 0.497 e. The summed E-state index contributed by atoms with van der Waals surface area (Å²) in [5.41, 5.74) is 0.0972. The van der Waals surface area contributed by atoms with Gasteiger partial charge in [-0.2, -0.15) is 8.78 Å². The highest BCUT2D eigenvalue weighted by Gasteiger charge is 2.30. The molecule has 1 aromatic rings. The quantitative estimate of drug-likeness (QED) is 0.829. The lowest BCUT2D eigenvalue weighted by Crippen LogP contribution is -2.29. The molecule has 0 radical (unpaired) electrons. The second-order valence-corrected chi connectivity index (χ2v) is 5.62. The van der Waals surface area contributed by atoms with E-state index < -0.39 is 18.5 Å². The summed E-state index contributed by atoms with van der Waals surface area (Å²) in [6.45, 7) is -3.01. The first-order valence-corrected chi connectivity index (χ1v) is 7.57. The Balaban J connectivity index is 2.06. The number of carbonyl (C=O) groups is 2. The molecule has 1 aromatic carbocycles. The number of benzene rings is 1. The number of carbonyl (C=O) groups excluding carboxylic acids is 1. The molecule has 1 aliphatic carbocycles. The average Bonchev–Trinajstić information content (AvgIpc) is 2.56. The number of carboxylic acid groups (broad SMARTS) is 1. The fourth-order valence-electron chi connectivity index (χ4n) is 2.77. The van der Waals surface area contributed by atoms with Crippen molar-refractivity contribution in [1.29, 1.82) is 0 Å². The van der Waals surface area contributed by atoms with Gasteiger partial charge in [0.15, 0.2) is 0 Å². The predicted molar refractivity (Wildman–Crippen MR) is 81.3 cm³/mol. The maximum absolute atomic E-state index is 12.5. The van der Waals surface area contributed by atoms with E-state index in [1.165, 1.54) is 25.3 Å². The van der Waals surface area contributed by atoms with Gasteiger partial charge in [0, 0.05) is 12.0 Å². The van der Waals surface area contributed by atoms with Crippen molar-refractivity contribution in [3.05, 3.63) is 18.2 Å². The Morgan fingerprint density at radius 2 is 1.83 bits per heavy atom. The van der Waals surface area contributed by atoms with Gasteiger partial charge in [0.2, 0.25) is 5.91 Å². The Hall–Kier alpha value is -2.38. The molecule has 8 heteroatoms. The highest BCUT2D eigenvalue weighted by atomic mass is 19.3. The molecular weight excluding hydrogens is 324 g/mol. The first kappa shape index (κ1) is 18.0. The van der Waals surface area contributed by atoms with E-state index in [-0.39, 0.29) is 23.3 Å². The van der Waals surface area contributed by atoms with E-state index in [0.717, 1.165) is 0 Å². The number of anilines is 1. The van der Waals surface area contributed by atoms with Crippen molar-refractivity contribution in [2.24, 2.45) is 11.8 Å². The molecule has 1 fully saturated rings. The van der Waals surface area contributed by atoms with Gasteiger partial charge in [-0.15, -0.1) is 0 Å². The molecule has 0 aliphatic heterocycles. The molecule has 0 bridgehead atoms. The lowest BCUT2D eigenvalue weighted by Gasteiger charge is -2.25. The fourth-order valence-corrected chi connectivity index (χ4v) is 2.77. The van der Waals surface area contributed by atoms with Crippen molar-refractivity contribution < 1.29 is 33.0 Å².